The number of hydrogen-bond donors (Lipinski definition) is 0. The van der Waals surface area contributed by atoms with E-state index < -0.39 is 0 Å². The molecule has 1 heterocycles. The molecule has 2 nitrogen and oxygen atoms in total. The monoisotopic (exact) mass is 414 g/mol. The number of hydrogen-bond acceptors (Lipinski definition) is 2. The van der Waals surface area contributed by atoms with E-state index in [0.717, 1.165) is 17.8 Å². The molecule has 3 aromatic rings. The van der Waals surface area contributed by atoms with Crippen LogP contribution in [0, 0.1) is 31.6 Å². The maximum absolute atomic E-state index is 5.60. The fraction of sp³-hybridized carbons (Fsp3) is 0.444. The Morgan fingerprint density at radius 2 is 1.57 bits per heavy atom. The summed E-state index contributed by atoms with van der Waals surface area (Å²) in [6, 6.07) is 17.6. The molecule has 0 aliphatic heterocycles. The molecule has 7 rings (SSSR count). The van der Waals surface area contributed by atoms with E-state index in [0.29, 0.717) is 0 Å². The van der Waals surface area contributed by atoms with E-state index in [1.807, 2.05) is 11.3 Å². The number of rotatable bonds is 3. The minimum Gasteiger partial charge on any atom is -0.285 e. The number of nitrogens with zero attached hydrogens (tertiary/aromatic N) is 2. The molecule has 4 aliphatic rings. The number of aromatic nitrogens is 1. The summed E-state index contributed by atoms with van der Waals surface area (Å²) >= 11 is 1.82. The molecule has 4 bridgehead atoms. The van der Waals surface area contributed by atoms with Crippen LogP contribution in [0.5, 0.6) is 0 Å². The Morgan fingerprint density at radius 3 is 2.20 bits per heavy atom. The molecule has 0 spiro atoms. The van der Waals surface area contributed by atoms with Crippen LogP contribution in [0.3, 0.4) is 0 Å². The van der Waals surface area contributed by atoms with E-state index in [2.05, 4.69) is 72.3 Å². The Hall–Kier alpha value is -2.13. The highest BCUT2D eigenvalue weighted by Gasteiger charge is 2.51. The molecule has 154 valence electrons. The lowest BCUT2D eigenvalue weighted by Gasteiger charge is -2.54. The Kier molecular flexibility index (Phi) is 4.31. The summed E-state index contributed by atoms with van der Waals surface area (Å²) in [5.41, 5.74) is 6.64. The van der Waals surface area contributed by atoms with Gasteiger partial charge in [0.15, 0.2) is 4.80 Å². The van der Waals surface area contributed by atoms with Gasteiger partial charge in [-0.2, -0.15) is 0 Å². The molecule has 0 atom stereocenters. The zero-order chi connectivity index (χ0) is 20.3. The van der Waals surface area contributed by atoms with Crippen LogP contribution in [0.15, 0.2) is 58.9 Å². The summed E-state index contributed by atoms with van der Waals surface area (Å²) < 4.78 is 2.42. The molecule has 1 aromatic heterocycles. The molecule has 2 aromatic carbocycles. The molecule has 0 unspecified atom stereocenters. The van der Waals surface area contributed by atoms with Crippen molar-refractivity contribution in [2.75, 3.05) is 0 Å². The first-order chi connectivity index (χ1) is 14.6. The highest BCUT2D eigenvalue weighted by atomic mass is 32.1. The first-order valence-electron chi connectivity index (χ1n) is 11.5. The molecule has 30 heavy (non-hydrogen) atoms. The molecule has 0 saturated heterocycles. The lowest BCUT2D eigenvalue weighted by Crippen LogP contribution is -2.50. The van der Waals surface area contributed by atoms with Crippen LogP contribution < -0.4 is 4.80 Å². The van der Waals surface area contributed by atoms with Gasteiger partial charge < -0.3 is 0 Å². The van der Waals surface area contributed by atoms with Crippen molar-refractivity contribution in [3.8, 4) is 16.9 Å². The molecular formula is C27H30N2S. The van der Waals surface area contributed by atoms with Gasteiger partial charge in [-0.25, -0.2) is 0 Å². The van der Waals surface area contributed by atoms with Crippen LogP contribution in [-0.2, 0) is 0 Å². The summed E-state index contributed by atoms with van der Waals surface area (Å²) in [6.45, 7) is 4.40. The highest BCUT2D eigenvalue weighted by molar-refractivity contribution is 7.07. The summed E-state index contributed by atoms with van der Waals surface area (Å²) in [7, 11) is 0. The van der Waals surface area contributed by atoms with Gasteiger partial charge in [-0.05, 0) is 87.8 Å². The van der Waals surface area contributed by atoms with Crippen molar-refractivity contribution in [2.24, 2.45) is 22.7 Å². The van der Waals surface area contributed by atoms with Gasteiger partial charge >= 0.3 is 0 Å². The van der Waals surface area contributed by atoms with E-state index in [1.165, 1.54) is 71.4 Å². The lowest BCUT2D eigenvalue weighted by molar-refractivity contribution is -0.000277. The van der Waals surface area contributed by atoms with Crippen LogP contribution in [-0.4, -0.2) is 10.1 Å². The maximum Gasteiger partial charge on any atom is 0.190 e. The van der Waals surface area contributed by atoms with Crippen LogP contribution >= 0.6 is 11.3 Å². The van der Waals surface area contributed by atoms with E-state index in [1.54, 1.807) is 0 Å². The van der Waals surface area contributed by atoms with Crippen molar-refractivity contribution in [3.05, 3.63) is 69.8 Å². The zero-order valence-electron chi connectivity index (χ0n) is 18.0. The first kappa shape index (κ1) is 18.6. The topological polar surface area (TPSA) is 17.3 Å². The molecule has 4 aliphatic carbocycles. The van der Waals surface area contributed by atoms with Crippen LogP contribution in [0.1, 0.15) is 49.7 Å². The van der Waals surface area contributed by atoms with Gasteiger partial charge in [0.1, 0.15) is 0 Å². The molecule has 0 amide bonds. The standard InChI is InChI=1S/C27H30N2S/c1-18-8-9-24(19(2)10-18)25-17-30-26(29(25)23-6-4-3-5-7-23)28-27-14-20-11-21(15-27)13-22(12-20)16-27/h3-10,17,20-22H,11-16H2,1-2H3. The molecule has 3 heteroatoms. The number of para-hydroxylation sites is 1. The van der Waals surface area contributed by atoms with Crippen molar-refractivity contribution >= 4 is 11.3 Å². The minimum atomic E-state index is 0.190. The normalized spacial score (nSPS) is 30.2. The van der Waals surface area contributed by atoms with Gasteiger partial charge in [0.25, 0.3) is 0 Å². The summed E-state index contributed by atoms with van der Waals surface area (Å²) in [4.78, 5) is 6.78. The summed E-state index contributed by atoms with van der Waals surface area (Å²) in [5, 5.41) is 2.32. The second-order valence-corrected chi connectivity index (χ2v) is 11.0. The predicted molar refractivity (Wildman–Crippen MR) is 125 cm³/mol. The molecule has 0 radical (unpaired) electrons. The Bertz CT molecular complexity index is 1120. The van der Waals surface area contributed by atoms with Crippen LogP contribution in [0.4, 0.5) is 0 Å². The zero-order valence-corrected chi connectivity index (χ0v) is 18.8. The second kappa shape index (κ2) is 6.95. The number of benzene rings is 2. The van der Waals surface area contributed by atoms with Crippen LogP contribution in [0.25, 0.3) is 16.9 Å². The van der Waals surface area contributed by atoms with Gasteiger partial charge in [0.2, 0.25) is 0 Å². The smallest absolute Gasteiger partial charge is 0.190 e. The molecule has 4 saturated carbocycles. The van der Waals surface area contributed by atoms with Crippen molar-refractivity contribution in [1.29, 1.82) is 0 Å². The van der Waals surface area contributed by atoms with E-state index in [9.17, 15) is 0 Å². The fourth-order valence-electron chi connectivity index (χ4n) is 6.91. The largest absolute Gasteiger partial charge is 0.285 e. The van der Waals surface area contributed by atoms with Crippen molar-refractivity contribution < 1.29 is 0 Å². The fourth-order valence-corrected chi connectivity index (χ4v) is 7.91. The van der Waals surface area contributed by atoms with Gasteiger partial charge in [0, 0.05) is 16.6 Å². The minimum absolute atomic E-state index is 0.190. The van der Waals surface area contributed by atoms with E-state index in [4.69, 9.17) is 4.99 Å². The summed E-state index contributed by atoms with van der Waals surface area (Å²) in [5.74, 6) is 2.76. The van der Waals surface area contributed by atoms with Crippen molar-refractivity contribution in [1.82, 2.24) is 4.57 Å². The van der Waals surface area contributed by atoms with Gasteiger partial charge in [-0.1, -0.05) is 42.0 Å². The van der Waals surface area contributed by atoms with Crippen molar-refractivity contribution in [3.63, 3.8) is 0 Å². The Labute approximate surface area is 183 Å². The van der Waals surface area contributed by atoms with Gasteiger partial charge in [-0.3, -0.25) is 9.56 Å². The lowest BCUT2D eigenvalue weighted by atomic mass is 9.53. The van der Waals surface area contributed by atoms with Crippen molar-refractivity contribution in [2.45, 2.75) is 57.9 Å². The average molecular weight is 415 g/mol. The first-order valence-corrected chi connectivity index (χ1v) is 12.4. The molecular weight excluding hydrogens is 384 g/mol. The van der Waals surface area contributed by atoms with Crippen LogP contribution in [0.2, 0.25) is 0 Å². The third kappa shape index (κ3) is 3.10. The summed E-state index contributed by atoms with van der Waals surface area (Å²) in [6.07, 6.45) is 8.32. The van der Waals surface area contributed by atoms with E-state index in [-0.39, 0.29) is 5.54 Å². The Balaban J connectivity index is 1.54. The average Bonchev–Trinajstić information content (AvgIpc) is 3.10. The molecule has 4 fully saturated rings. The van der Waals surface area contributed by atoms with E-state index >= 15 is 0 Å². The SMILES string of the molecule is Cc1ccc(-c2csc(=NC34CC5CC(CC(C5)C3)C4)n2-c2ccccc2)c(C)c1. The maximum atomic E-state index is 5.60. The Morgan fingerprint density at radius 1 is 0.900 bits per heavy atom. The third-order valence-corrected chi connectivity index (χ3v) is 8.54. The third-order valence-electron chi connectivity index (χ3n) is 7.72. The predicted octanol–water partition coefficient (Wildman–Crippen LogP) is 6.69. The van der Waals surface area contributed by atoms with Gasteiger partial charge in [0.05, 0.1) is 11.2 Å². The van der Waals surface area contributed by atoms with Gasteiger partial charge in [-0.15, -0.1) is 11.3 Å². The second-order valence-electron chi connectivity index (χ2n) is 10.1. The number of thiazole rings is 1. The molecule has 0 N–H and O–H groups in total. The quantitative estimate of drug-likeness (QED) is 0.454. The number of aryl methyl sites for hydroxylation is 2. The highest BCUT2D eigenvalue weighted by Crippen LogP contribution is 2.57.